The molecule has 0 aromatic heterocycles. The number of amides is 1. The molecule has 0 bridgehead atoms. The highest BCUT2D eigenvalue weighted by atomic mass is 16.5. The van der Waals surface area contributed by atoms with E-state index in [0.29, 0.717) is 5.92 Å². The Morgan fingerprint density at radius 3 is 2.36 bits per heavy atom. The second kappa shape index (κ2) is 8.83. The molecule has 0 aromatic carbocycles. The van der Waals surface area contributed by atoms with Crippen LogP contribution in [0.1, 0.15) is 60.3 Å². The van der Waals surface area contributed by atoms with Crippen LogP contribution in [0.15, 0.2) is 0 Å². The van der Waals surface area contributed by atoms with Gasteiger partial charge in [-0.05, 0) is 72.8 Å². The molecule has 0 N–H and O–H groups in total. The van der Waals surface area contributed by atoms with Crippen LogP contribution in [0.25, 0.3) is 0 Å². The van der Waals surface area contributed by atoms with E-state index in [1.54, 1.807) is 0 Å². The Morgan fingerprint density at radius 2 is 1.72 bits per heavy atom. The maximum absolute atomic E-state index is 12.2. The first-order valence-electron chi connectivity index (χ1n) is 9.93. The van der Waals surface area contributed by atoms with Gasteiger partial charge in [-0.15, -0.1) is 0 Å². The molecule has 0 spiro atoms. The van der Waals surface area contributed by atoms with E-state index in [1.807, 2.05) is 4.90 Å². The van der Waals surface area contributed by atoms with Crippen LogP contribution in [0.4, 0.5) is 0 Å². The fraction of sp³-hybridized carbons (Fsp3) is 0.950. The number of hydrogen-bond donors (Lipinski definition) is 0. The third-order valence-corrected chi connectivity index (χ3v) is 5.14. The van der Waals surface area contributed by atoms with Crippen LogP contribution in [0.3, 0.4) is 0 Å². The largest absolute Gasteiger partial charge is 0.375 e. The van der Waals surface area contributed by atoms with Crippen molar-refractivity contribution in [2.24, 2.45) is 5.92 Å². The molecule has 5 heteroatoms. The number of carbonyl (C=O) groups is 1. The van der Waals surface area contributed by atoms with Crippen molar-refractivity contribution in [2.75, 3.05) is 45.9 Å². The summed E-state index contributed by atoms with van der Waals surface area (Å²) in [7, 11) is 0. The number of hydrogen-bond acceptors (Lipinski definition) is 4. The topological polar surface area (TPSA) is 42.0 Å². The zero-order chi connectivity index (χ0) is 18.5. The second-order valence-corrected chi connectivity index (χ2v) is 9.26. The lowest BCUT2D eigenvalue weighted by atomic mass is 9.92. The number of rotatable bonds is 8. The summed E-state index contributed by atoms with van der Waals surface area (Å²) >= 11 is 0. The van der Waals surface area contributed by atoms with Gasteiger partial charge >= 0.3 is 0 Å². The summed E-state index contributed by atoms with van der Waals surface area (Å²) in [5.41, 5.74) is -0.297. The first-order chi connectivity index (χ1) is 11.6. The lowest BCUT2D eigenvalue weighted by molar-refractivity contribution is -0.141. The lowest BCUT2D eigenvalue weighted by Gasteiger charge is -2.29. The van der Waals surface area contributed by atoms with Gasteiger partial charge < -0.3 is 19.3 Å². The highest BCUT2D eigenvalue weighted by molar-refractivity contribution is 5.77. The van der Waals surface area contributed by atoms with Crippen molar-refractivity contribution in [2.45, 2.75) is 71.5 Å². The molecule has 1 unspecified atom stereocenters. The molecular formula is C20H38N2O3. The van der Waals surface area contributed by atoms with Crippen LogP contribution >= 0.6 is 0 Å². The molecular weight excluding hydrogens is 316 g/mol. The third kappa shape index (κ3) is 7.63. The molecule has 146 valence electrons. The smallest absolute Gasteiger partial charge is 0.248 e. The highest BCUT2D eigenvalue weighted by Gasteiger charge is 2.30. The lowest BCUT2D eigenvalue weighted by Crippen LogP contribution is -2.37. The summed E-state index contributed by atoms with van der Waals surface area (Å²) in [4.78, 5) is 16.6. The summed E-state index contributed by atoms with van der Waals surface area (Å²) in [6, 6.07) is 0. The summed E-state index contributed by atoms with van der Waals surface area (Å²) < 4.78 is 11.8. The molecule has 2 heterocycles. The van der Waals surface area contributed by atoms with E-state index in [2.05, 4.69) is 39.5 Å². The second-order valence-electron chi connectivity index (χ2n) is 9.26. The van der Waals surface area contributed by atoms with E-state index in [1.165, 1.54) is 6.42 Å². The van der Waals surface area contributed by atoms with Crippen molar-refractivity contribution in [3.8, 4) is 0 Å². The van der Waals surface area contributed by atoms with Crippen molar-refractivity contribution in [1.29, 1.82) is 0 Å². The molecule has 2 aliphatic rings. The van der Waals surface area contributed by atoms with Crippen molar-refractivity contribution >= 4 is 5.91 Å². The van der Waals surface area contributed by atoms with E-state index >= 15 is 0 Å². The standard InChI is InChI=1S/C20H38N2O3/c1-19(2,3)24-13-12-21-11-8-17(15-21)14-20(4,5)25-16-18(23)22-9-6-7-10-22/h17H,6-16H2,1-5H3. The fourth-order valence-corrected chi connectivity index (χ4v) is 3.83. The number of ether oxygens (including phenoxy) is 2. The van der Waals surface area contributed by atoms with Crippen molar-refractivity contribution in [3.63, 3.8) is 0 Å². The minimum Gasteiger partial charge on any atom is -0.375 e. The van der Waals surface area contributed by atoms with Crippen molar-refractivity contribution < 1.29 is 14.3 Å². The van der Waals surface area contributed by atoms with Crippen LogP contribution in [0.2, 0.25) is 0 Å². The van der Waals surface area contributed by atoms with Crippen molar-refractivity contribution in [1.82, 2.24) is 9.80 Å². The molecule has 0 aliphatic carbocycles. The summed E-state index contributed by atoms with van der Waals surface area (Å²) in [5.74, 6) is 0.796. The van der Waals surface area contributed by atoms with Gasteiger partial charge in [0.1, 0.15) is 6.61 Å². The average molecular weight is 355 g/mol. The van der Waals surface area contributed by atoms with E-state index in [9.17, 15) is 4.79 Å². The Labute approximate surface area is 154 Å². The molecule has 2 rings (SSSR count). The normalized spacial score (nSPS) is 22.8. The van der Waals surface area contributed by atoms with E-state index < -0.39 is 0 Å². The van der Waals surface area contributed by atoms with Crippen LogP contribution < -0.4 is 0 Å². The molecule has 0 aromatic rings. The average Bonchev–Trinajstić information content (AvgIpc) is 3.15. The summed E-state index contributed by atoms with van der Waals surface area (Å²) in [6.45, 7) is 16.6. The van der Waals surface area contributed by atoms with Gasteiger partial charge in [-0.25, -0.2) is 0 Å². The number of nitrogens with zero attached hydrogens (tertiary/aromatic N) is 2. The predicted molar refractivity (Wildman–Crippen MR) is 101 cm³/mol. The van der Waals surface area contributed by atoms with Crippen LogP contribution in [-0.2, 0) is 14.3 Å². The van der Waals surface area contributed by atoms with E-state index in [-0.39, 0.29) is 23.7 Å². The van der Waals surface area contributed by atoms with Gasteiger partial charge in [0.25, 0.3) is 0 Å². The minimum absolute atomic E-state index is 0.0587. The molecule has 1 amide bonds. The molecule has 2 saturated heterocycles. The summed E-state index contributed by atoms with van der Waals surface area (Å²) in [6.07, 6.45) is 4.48. The van der Waals surface area contributed by atoms with Crippen LogP contribution in [-0.4, -0.2) is 72.8 Å². The Morgan fingerprint density at radius 1 is 1.04 bits per heavy atom. The summed E-state index contributed by atoms with van der Waals surface area (Å²) in [5, 5.41) is 0. The predicted octanol–water partition coefficient (Wildman–Crippen LogP) is 2.93. The molecule has 0 radical (unpaired) electrons. The van der Waals surface area contributed by atoms with Gasteiger partial charge in [-0.1, -0.05) is 0 Å². The molecule has 25 heavy (non-hydrogen) atoms. The quantitative estimate of drug-likeness (QED) is 0.672. The molecule has 2 fully saturated rings. The molecule has 5 nitrogen and oxygen atoms in total. The van der Waals surface area contributed by atoms with Gasteiger partial charge in [0.2, 0.25) is 5.91 Å². The van der Waals surface area contributed by atoms with Gasteiger partial charge in [-0.3, -0.25) is 4.79 Å². The monoisotopic (exact) mass is 354 g/mol. The Kier molecular flexibility index (Phi) is 7.29. The molecule has 0 saturated carbocycles. The zero-order valence-electron chi connectivity index (χ0n) is 17.0. The SMILES string of the molecule is CC(C)(C)OCCN1CCC(CC(C)(C)OCC(=O)N2CCCC2)C1. The molecule has 2 aliphatic heterocycles. The minimum atomic E-state index is -0.238. The Hall–Kier alpha value is -0.650. The maximum atomic E-state index is 12.2. The Balaban J connectivity index is 1.65. The fourth-order valence-electron chi connectivity index (χ4n) is 3.83. The van der Waals surface area contributed by atoms with E-state index in [0.717, 1.165) is 58.6 Å². The maximum Gasteiger partial charge on any atom is 0.248 e. The van der Waals surface area contributed by atoms with Crippen LogP contribution in [0.5, 0.6) is 0 Å². The number of likely N-dealkylation sites (tertiary alicyclic amines) is 2. The van der Waals surface area contributed by atoms with Gasteiger partial charge in [0, 0.05) is 26.2 Å². The highest BCUT2D eigenvalue weighted by Crippen LogP contribution is 2.28. The first-order valence-corrected chi connectivity index (χ1v) is 9.93. The number of carbonyl (C=O) groups excluding carboxylic acids is 1. The first kappa shape index (κ1) is 20.7. The van der Waals surface area contributed by atoms with Gasteiger partial charge in [0.15, 0.2) is 0 Å². The molecule has 1 atom stereocenters. The van der Waals surface area contributed by atoms with Crippen molar-refractivity contribution in [3.05, 3.63) is 0 Å². The zero-order valence-corrected chi connectivity index (χ0v) is 17.0. The third-order valence-electron chi connectivity index (χ3n) is 5.14. The Bertz CT molecular complexity index is 425. The van der Waals surface area contributed by atoms with E-state index in [4.69, 9.17) is 9.47 Å². The van der Waals surface area contributed by atoms with Gasteiger partial charge in [0.05, 0.1) is 17.8 Å². The van der Waals surface area contributed by atoms with Crippen LogP contribution in [0, 0.1) is 5.92 Å². The van der Waals surface area contributed by atoms with Gasteiger partial charge in [-0.2, -0.15) is 0 Å².